The van der Waals surface area contributed by atoms with Crippen LogP contribution in [0.1, 0.15) is 47.4 Å². The molecule has 1 amide bonds. The predicted octanol–water partition coefficient (Wildman–Crippen LogP) is 3.65. The molecule has 0 bridgehead atoms. The number of benzene rings is 2. The molecule has 0 saturated carbocycles. The summed E-state index contributed by atoms with van der Waals surface area (Å²) in [5, 5.41) is 11.9. The maximum absolute atomic E-state index is 12.4. The summed E-state index contributed by atoms with van der Waals surface area (Å²) in [5.41, 5.74) is 2.70. The van der Waals surface area contributed by atoms with Gasteiger partial charge in [-0.1, -0.05) is 43.2 Å². The van der Waals surface area contributed by atoms with Gasteiger partial charge in [-0.15, -0.1) is 0 Å². The molecule has 0 radical (unpaired) electrons. The minimum Gasteiger partial charge on any atom is -0.494 e. The monoisotopic (exact) mass is 371 g/mol. The van der Waals surface area contributed by atoms with Crippen LogP contribution in [0.4, 0.5) is 0 Å². The van der Waals surface area contributed by atoms with Crippen molar-refractivity contribution in [2.45, 2.75) is 32.8 Å². The normalized spacial score (nSPS) is 11.8. The van der Waals surface area contributed by atoms with Crippen LogP contribution in [0.2, 0.25) is 0 Å². The van der Waals surface area contributed by atoms with Crippen LogP contribution >= 0.6 is 0 Å². The summed E-state index contributed by atoms with van der Waals surface area (Å²) in [6.45, 7) is 5.31. The van der Waals surface area contributed by atoms with Gasteiger partial charge < -0.3 is 19.9 Å². The van der Waals surface area contributed by atoms with Crippen molar-refractivity contribution in [2.24, 2.45) is 0 Å². The Hall–Kier alpha value is -2.37. The molecule has 0 aliphatic rings. The van der Waals surface area contributed by atoms with Gasteiger partial charge in [0.1, 0.15) is 5.75 Å². The molecule has 2 N–H and O–H groups in total. The summed E-state index contributed by atoms with van der Waals surface area (Å²) < 4.78 is 11.3. The minimum atomic E-state index is -0.307. The van der Waals surface area contributed by atoms with Gasteiger partial charge in [-0.2, -0.15) is 0 Å². The molecule has 5 heteroatoms. The lowest BCUT2D eigenvalue weighted by molar-refractivity contribution is 0.0277. The van der Waals surface area contributed by atoms with Gasteiger partial charge in [0.2, 0.25) is 0 Å². The second kappa shape index (κ2) is 11.4. The van der Waals surface area contributed by atoms with Gasteiger partial charge in [0.15, 0.2) is 0 Å². The molecule has 0 heterocycles. The Morgan fingerprint density at radius 3 is 2.41 bits per heavy atom. The van der Waals surface area contributed by atoms with Crippen molar-refractivity contribution >= 4 is 5.91 Å². The first-order chi connectivity index (χ1) is 13.1. The van der Waals surface area contributed by atoms with Crippen LogP contribution in [0.15, 0.2) is 48.5 Å². The summed E-state index contributed by atoms with van der Waals surface area (Å²) in [6, 6.07) is 15.1. The van der Waals surface area contributed by atoms with Crippen LogP contribution in [-0.2, 0) is 4.74 Å². The first kappa shape index (κ1) is 20.9. The number of rotatable bonds is 11. The lowest BCUT2D eigenvalue weighted by Crippen LogP contribution is -2.30. The summed E-state index contributed by atoms with van der Waals surface area (Å²) in [7, 11) is 0. The van der Waals surface area contributed by atoms with E-state index >= 15 is 0 Å². The molecule has 0 fully saturated rings. The van der Waals surface area contributed by atoms with E-state index in [1.54, 1.807) is 12.1 Å². The molecule has 0 aliphatic carbocycles. The third kappa shape index (κ3) is 7.04. The highest BCUT2D eigenvalue weighted by Crippen LogP contribution is 2.18. The molecule has 146 valence electrons. The highest BCUT2D eigenvalue weighted by molar-refractivity contribution is 5.94. The average molecular weight is 371 g/mol. The van der Waals surface area contributed by atoms with Crippen LogP contribution in [-0.4, -0.2) is 37.4 Å². The lowest BCUT2D eigenvalue weighted by atomic mass is 10.1. The topological polar surface area (TPSA) is 67.8 Å². The van der Waals surface area contributed by atoms with Gasteiger partial charge in [0.25, 0.3) is 5.91 Å². The van der Waals surface area contributed by atoms with E-state index in [0.717, 1.165) is 29.7 Å². The van der Waals surface area contributed by atoms with Gasteiger partial charge in [-0.3, -0.25) is 4.79 Å². The number of aliphatic hydroxyl groups excluding tert-OH is 1. The van der Waals surface area contributed by atoms with Crippen LogP contribution in [0.5, 0.6) is 5.75 Å². The maximum atomic E-state index is 12.4. The van der Waals surface area contributed by atoms with Crippen molar-refractivity contribution in [1.29, 1.82) is 0 Å². The number of hydrogen-bond donors (Lipinski definition) is 2. The summed E-state index contributed by atoms with van der Waals surface area (Å²) >= 11 is 0. The number of amides is 1. The fourth-order valence-electron chi connectivity index (χ4n) is 2.57. The molecular formula is C22H29NO4. The zero-order valence-corrected chi connectivity index (χ0v) is 16.1. The van der Waals surface area contributed by atoms with Gasteiger partial charge >= 0.3 is 0 Å². The lowest BCUT2D eigenvalue weighted by Gasteiger charge is -2.19. The zero-order chi connectivity index (χ0) is 19.5. The Balaban J connectivity index is 1.93. The van der Waals surface area contributed by atoms with Gasteiger partial charge in [-0.25, -0.2) is 0 Å². The second-order valence-corrected chi connectivity index (χ2v) is 6.43. The van der Waals surface area contributed by atoms with Crippen molar-refractivity contribution in [3.05, 3.63) is 65.2 Å². The van der Waals surface area contributed by atoms with Crippen LogP contribution < -0.4 is 10.1 Å². The number of carbonyl (C=O) groups is 1. The van der Waals surface area contributed by atoms with E-state index in [-0.39, 0.29) is 25.2 Å². The molecular weight excluding hydrogens is 342 g/mol. The first-order valence-corrected chi connectivity index (χ1v) is 9.44. The molecule has 2 rings (SSSR count). The molecule has 2 aromatic carbocycles. The third-order valence-corrected chi connectivity index (χ3v) is 4.19. The number of aliphatic hydroxyl groups is 1. The molecule has 5 nitrogen and oxygen atoms in total. The van der Waals surface area contributed by atoms with E-state index in [1.807, 2.05) is 43.3 Å². The fraction of sp³-hybridized carbons (Fsp3) is 0.409. The molecule has 2 aromatic rings. The quantitative estimate of drug-likeness (QED) is 0.592. The second-order valence-electron chi connectivity index (χ2n) is 6.43. The predicted molar refractivity (Wildman–Crippen MR) is 106 cm³/mol. The summed E-state index contributed by atoms with van der Waals surface area (Å²) in [4.78, 5) is 12.4. The Bertz CT molecular complexity index is 682. The number of nitrogens with one attached hydrogen (secondary N) is 1. The smallest absolute Gasteiger partial charge is 0.251 e. The average Bonchev–Trinajstić information content (AvgIpc) is 2.69. The Morgan fingerprint density at radius 2 is 1.78 bits per heavy atom. The van der Waals surface area contributed by atoms with Crippen LogP contribution in [0, 0.1) is 6.92 Å². The van der Waals surface area contributed by atoms with Crippen molar-refractivity contribution in [1.82, 2.24) is 5.32 Å². The SMILES string of the molecule is CCCCOc1ccc(C(=O)NCC(OCCO)c2ccc(C)cc2)cc1. The highest BCUT2D eigenvalue weighted by atomic mass is 16.5. The molecule has 1 unspecified atom stereocenters. The molecule has 1 atom stereocenters. The number of aryl methyl sites for hydroxylation is 1. The van der Waals surface area contributed by atoms with E-state index in [4.69, 9.17) is 14.6 Å². The van der Waals surface area contributed by atoms with E-state index in [9.17, 15) is 4.79 Å². The Kier molecular flexibility index (Phi) is 8.81. The number of unbranched alkanes of at least 4 members (excludes halogenated alkanes) is 1. The third-order valence-electron chi connectivity index (χ3n) is 4.19. The molecule has 0 spiro atoms. The van der Waals surface area contributed by atoms with Crippen molar-refractivity contribution in [2.75, 3.05) is 26.4 Å². The Labute approximate surface area is 161 Å². The number of hydrogen-bond acceptors (Lipinski definition) is 4. The van der Waals surface area contributed by atoms with E-state index in [2.05, 4.69) is 12.2 Å². The van der Waals surface area contributed by atoms with E-state index < -0.39 is 0 Å². The van der Waals surface area contributed by atoms with Crippen molar-refractivity contribution in [3.63, 3.8) is 0 Å². The van der Waals surface area contributed by atoms with E-state index in [0.29, 0.717) is 18.7 Å². The molecule has 0 aromatic heterocycles. The van der Waals surface area contributed by atoms with Crippen molar-refractivity contribution in [3.8, 4) is 5.75 Å². The fourth-order valence-corrected chi connectivity index (χ4v) is 2.57. The van der Waals surface area contributed by atoms with Gasteiger partial charge in [-0.05, 0) is 43.2 Å². The summed E-state index contributed by atoms with van der Waals surface area (Å²) in [6.07, 6.45) is 1.79. The molecule has 27 heavy (non-hydrogen) atoms. The zero-order valence-electron chi connectivity index (χ0n) is 16.1. The van der Waals surface area contributed by atoms with Crippen LogP contribution in [0.3, 0.4) is 0 Å². The largest absolute Gasteiger partial charge is 0.494 e. The van der Waals surface area contributed by atoms with Gasteiger partial charge in [0.05, 0.1) is 25.9 Å². The first-order valence-electron chi connectivity index (χ1n) is 9.44. The summed E-state index contributed by atoms with van der Waals surface area (Å²) in [5.74, 6) is 0.601. The Morgan fingerprint density at radius 1 is 1.07 bits per heavy atom. The molecule has 0 aliphatic heterocycles. The molecule has 0 saturated heterocycles. The number of carbonyl (C=O) groups excluding carboxylic acids is 1. The highest BCUT2D eigenvalue weighted by Gasteiger charge is 2.14. The maximum Gasteiger partial charge on any atom is 0.251 e. The standard InChI is InChI=1S/C22H29NO4/c1-3-4-14-26-20-11-9-19(10-12-20)22(25)23-16-21(27-15-13-24)18-7-5-17(2)6-8-18/h5-12,21,24H,3-4,13-16H2,1-2H3,(H,23,25). The minimum absolute atomic E-state index is 0.0597. The number of ether oxygens (including phenoxy) is 2. The van der Waals surface area contributed by atoms with Crippen LogP contribution in [0.25, 0.3) is 0 Å². The van der Waals surface area contributed by atoms with E-state index in [1.165, 1.54) is 0 Å². The van der Waals surface area contributed by atoms with Gasteiger partial charge in [0, 0.05) is 12.1 Å². The van der Waals surface area contributed by atoms with Crippen molar-refractivity contribution < 1.29 is 19.4 Å².